The van der Waals surface area contributed by atoms with Crippen LogP contribution >= 0.6 is 11.6 Å². The Morgan fingerprint density at radius 1 is 1.43 bits per heavy atom. The van der Waals surface area contributed by atoms with Gasteiger partial charge in [0, 0.05) is 18.8 Å². The highest BCUT2D eigenvalue weighted by Crippen LogP contribution is 2.24. The van der Waals surface area contributed by atoms with Crippen LogP contribution in [0.15, 0.2) is 0 Å². The maximum absolute atomic E-state index is 11.3. The van der Waals surface area contributed by atoms with Crippen molar-refractivity contribution in [3.05, 3.63) is 0 Å². The largest absolute Gasteiger partial charge is 0.356 e. The normalized spacial score (nSPS) is 11.9. The van der Waals surface area contributed by atoms with Gasteiger partial charge in [0.15, 0.2) is 0 Å². The molecule has 0 fully saturated rings. The van der Waals surface area contributed by atoms with Crippen LogP contribution in [0, 0.1) is 11.3 Å². The van der Waals surface area contributed by atoms with Crippen LogP contribution in [0.1, 0.15) is 40.5 Å². The van der Waals surface area contributed by atoms with Crippen molar-refractivity contribution >= 4 is 17.5 Å². The number of nitrogens with one attached hydrogen (secondary N) is 1. The van der Waals surface area contributed by atoms with E-state index in [4.69, 9.17) is 11.6 Å². The summed E-state index contributed by atoms with van der Waals surface area (Å²) in [7, 11) is 0. The lowest BCUT2D eigenvalue weighted by Crippen LogP contribution is -2.36. The second kappa shape index (κ2) is 6.28. The molecular weight excluding hydrogens is 198 g/mol. The van der Waals surface area contributed by atoms with Gasteiger partial charge in [0.1, 0.15) is 0 Å². The standard InChI is InChI=1S/C11H22ClNO/c1-9(2)11(3,4)8-13-10(14)6-5-7-12/h9H,5-8H2,1-4H3,(H,13,14). The van der Waals surface area contributed by atoms with Crippen LogP contribution < -0.4 is 5.32 Å². The van der Waals surface area contributed by atoms with Crippen LogP contribution in [0.3, 0.4) is 0 Å². The Kier molecular flexibility index (Phi) is 6.17. The molecule has 0 aromatic heterocycles. The molecule has 1 amide bonds. The zero-order chi connectivity index (χ0) is 11.2. The lowest BCUT2D eigenvalue weighted by Gasteiger charge is -2.29. The Morgan fingerprint density at radius 3 is 2.43 bits per heavy atom. The Balaban J connectivity index is 3.76. The maximum atomic E-state index is 11.3. The molecule has 0 aliphatic heterocycles. The van der Waals surface area contributed by atoms with Crippen molar-refractivity contribution in [2.45, 2.75) is 40.5 Å². The van der Waals surface area contributed by atoms with Gasteiger partial charge in [-0.05, 0) is 17.8 Å². The zero-order valence-corrected chi connectivity index (χ0v) is 10.4. The van der Waals surface area contributed by atoms with E-state index in [2.05, 4.69) is 33.0 Å². The first kappa shape index (κ1) is 13.8. The number of rotatable bonds is 6. The molecule has 0 heterocycles. The predicted molar refractivity (Wildman–Crippen MR) is 61.6 cm³/mol. The summed E-state index contributed by atoms with van der Waals surface area (Å²) in [5, 5.41) is 2.94. The highest BCUT2D eigenvalue weighted by Gasteiger charge is 2.22. The van der Waals surface area contributed by atoms with Gasteiger partial charge in [0.05, 0.1) is 0 Å². The number of hydrogen-bond donors (Lipinski definition) is 1. The predicted octanol–water partition coefficient (Wildman–Crippen LogP) is 2.80. The molecule has 0 saturated heterocycles. The van der Waals surface area contributed by atoms with Gasteiger partial charge in [-0.15, -0.1) is 11.6 Å². The second-order valence-corrected chi connectivity index (χ2v) is 5.09. The first-order valence-electron chi connectivity index (χ1n) is 5.23. The van der Waals surface area contributed by atoms with Crippen molar-refractivity contribution in [2.24, 2.45) is 11.3 Å². The number of hydrogen-bond acceptors (Lipinski definition) is 1. The van der Waals surface area contributed by atoms with Gasteiger partial charge in [-0.25, -0.2) is 0 Å². The average molecular weight is 220 g/mol. The Labute approximate surface area is 92.4 Å². The molecule has 0 aliphatic rings. The average Bonchev–Trinajstić information content (AvgIpc) is 2.11. The Morgan fingerprint density at radius 2 is 2.00 bits per heavy atom. The van der Waals surface area contributed by atoms with Crippen molar-refractivity contribution in [1.29, 1.82) is 0 Å². The molecular formula is C11H22ClNO. The summed E-state index contributed by atoms with van der Waals surface area (Å²) in [6, 6.07) is 0. The smallest absolute Gasteiger partial charge is 0.220 e. The lowest BCUT2D eigenvalue weighted by atomic mass is 9.81. The summed E-state index contributed by atoms with van der Waals surface area (Å²) in [5.74, 6) is 1.23. The summed E-state index contributed by atoms with van der Waals surface area (Å²) in [6.45, 7) is 9.42. The van der Waals surface area contributed by atoms with Crippen LogP contribution in [0.4, 0.5) is 0 Å². The van der Waals surface area contributed by atoms with Crippen molar-refractivity contribution in [2.75, 3.05) is 12.4 Å². The molecule has 0 aliphatic carbocycles. The quantitative estimate of drug-likeness (QED) is 0.684. The molecule has 0 radical (unpaired) electrons. The van der Waals surface area contributed by atoms with Crippen molar-refractivity contribution in [3.63, 3.8) is 0 Å². The number of alkyl halides is 1. The zero-order valence-electron chi connectivity index (χ0n) is 9.69. The van der Waals surface area contributed by atoms with E-state index >= 15 is 0 Å². The van der Waals surface area contributed by atoms with E-state index in [0.29, 0.717) is 18.2 Å². The third-order valence-corrected chi connectivity index (χ3v) is 3.11. The third kappa shape index (κ3) is 5.48. The maximum Gasteiger partial charge on any atom is 0.220 e. The molecule has 0 saturated carbocycles. The van der Waals surface area contributed by atoms with E-state index < -0.39 is 0 Å². The van der Waals surface area contributed by atoms with E-state index in [1.807, 2.05) is 0 Å². The summed E-state index contributed by atoms with van der Waals surface area (Å²) in [6.07, 6.45) is 1.30. The van der Waals surface area contributed by atoms with Crippen LogP contribution in [-0.2, 0) is 4.79 Å². The molecule has 0 spiro atoms. The molecule has 2 nitrogen and oxygen atoms in total. The van der Waals surface area contributed by atoms with Crippen molar-refractivity contribution < 1.29 is 4.79 Å². The van der Waals surface area contributed by atoms with Gasteiger partial charge >= 0.3 is 0 Å². The van der Waals surface area contributed by atoms with E-state index in [1.54, 1.807) is 0 Å². The van der Waals surface area contributed by atoms with E-state index in [9.17, 15) is 4.79 Å². The first-order valence-corrected chi connectivity index (χ1v) is 5.76. The molecule has 0 aromatic carbocycles. The molecule has 0 atom stereocenters. The van der Waals surface area contributed by atoms with E-state index in [1.165, 1.54) is 0 Å². The molecule has 14 heavy (non-hydrogen) atoms. The molecule has 0 rings (SSSR count). The fraction of sp³-hybridized carbons (Fsp3) is 0.909. The Bertz CT molecular complexity index is 178. The van der Waals surface area contributed by atoms with E-state index in [-0.39, 0.29) is 11.3 Å². The van der Waals surface area contributed by atoms with Crippen LogP contribution in [0.5, 0.6) is 0 Å². The topological polar surface area (TPSA) is 29.1 Å². The van der Waals surface area contributed by atoms with Crippen LogP contribution in [0.2, 0.25) is 0 Å². The number of amides is 1. The minimum absolute atomic E-state index is 0.111. The van der Waals surface area contributed by atoms with E-state index in [0.717, 1.165) is 13.0 Å². The molecule has 0 bridgehead atoms. The van der Waals surface area contributed by atoms with Crippen LogP contribution in [-0.4, -0.2) is 18.3 Å². The van der Waals surface area contributed by atoms with Gasteiger partial charge < -0.3 is 5.32 Å². The first-order chi connectivity index (χ1) is 6.40. The highest BCUT2D eigenvalue weighted by molar-refractivity contribution is 6.17. The van der Waals surface area contributed by atoms with Gasteiger partial charge in [-0.1, -0.05) is 27.7 Å². The molecule has 84 valence electrons. The van der Waals surface area contributed by atoms with Gasteiger partial charge in [-0.3, -0.25) is 4.79 Å². The molecule has 3 heteroatoms. The number of halogens is 1. The molecule has 0 unspecified atom stereocenters. The SMILES string of the molecule is CC(C)C(C)(C)CNC(=O)CCCCl. The lowest BCUT2D eigenvalue weighted by molar-refractivity contribution is -0.121. The van der Waals surface area contributed by atoms with Crippen LogP contribution in [0.25, 0.3) is 0 Å². The number of carbonyl (C=O) groups is 1. The minimum atomic E-state index is 0.111. The van der Waals surface area contributed by atoms with Gasteiger partial charge in [0.25, 0.3) is 0 Å². The fourth-order valence-corrected chi connectivity index (χ4v) is 0.980. The van der Waals surface area contributed by atoms with Crippen molar-refractivity contribution in [1.82, 2.24) is 5.32 Å². The monoisotopic (exact) mass is 219 g/mol. The summed E-state index contributed by atoms with van der Waals surface area (Å²) < 4.78 is 0. The second-order valence-electron chi connectivity index (χ2n) is 4.71. The fourth-order valence-electron chi connectivity index (χ4n) is 0.846. The highest BCUT2D eigenvalue weighted by atomic mass is 35.5. The molecule has 1 N–H and O–H groups in total. The van der Waals surface area contributed by atoms with Crippen molar-refractivity contribution in [3.8, 4) is 0 Å². The van der Waals surface area contributed by atoms with Gasteiger partial charge in [0.2, 0.25) is 5.91 Å². The summed E-state index contributed by atoms with van der Waals surface area (Å²) >= 11 is 5.51. The van der Waals surface area contributed by atoms with Gasteiger partial charge in [-0.2, -0.15) is 0 Å². The number of carbonyl (C=O) groups excluding carboxylic acids is 1. The minimum Gasteiger partial charge on any atom is -0.356 e. The summed E-state index contributed by atoms with van der Waals surface area (Å²) in [4.78, 5) is 11.3. The Hall–Kier alpha value is -0.240. The summed E-state index contributed by atoms with van der Waals surface area (Å²) in [5.41, 5.74) is 0.163. The third-order valence-electron chi connectivity index (χ3n) is 2.84. The molecule has 0 aromatic rings.